The highest BCUT2D eigenvalue weighted by Crippen LogP contribution is 2.51. The summed E-state index contributed by atoms with van der Waals surface area (Å²) >= 11 is 3.81. The van der Waals surface area contributed by atoms with Crippen molar-refractivity contribution in [2.24, 2.45) is 0 Å². The van der Waals surface area contributed by atoms with Crippen LogP contribution in [0.1, 0.15) is 0 Å². The minimum atomic E-state index is 0.887. The first-order chi connectivity index (χ1) is 21.3. The molecule has 0 saturated carbocycles. The molecule has 5 heterocycles. The Morgan fingerprint density at radius 2 is 1.05 bits per heavy atom. The SMILES string of the molecule is c1ccc(-c2ccc3nc(-n4c5ccccc5c5c6sc7ccccc7c6c6sc7ccccc7c6c54)ccc3n2)cc1. The highest BCUT2D eigenvalue weighted by molar-refractivity contribution is 7.30. The molecule has 200 valence electrons. The smallest absolute Gasteiger partial charge is 0.138 e. The summed E-state index contributed by atoms with van der Waals surface area (Å²) in [6, 6.07) is 45.2. The van der Waals surface area contributed by atoms with E-state index in [2.05, 4.69) is 114 Å². The maximum absolute atomic E-state index is 5.25. The molecule has 0 fully saturated rings. The van der Waals surface area contributed by atoms with Gasteiger partial charge >= 0.3 is 0 Å². The van der Waals surface area contributed by atoms with Crippen molar-refractivity contribution in [2.75, 3.05) is 0 Å². The van der Waals surface area contributed by atoms with Crippen LogP contribution in [0.5, 0.6) is 0 Å². The molecule has 0 saturated heterocycles. The maximum Gasteiger partial charge on any atom is 0.138 e. The normalized spacial score (nSPS) is 12.2. The molecule has 43 heavy (non-hydrogen) atoms. The fourth-order valence-corrected chi connectivity index (χ4v) is 9.34. The van der Waals surface area contributed by atoms with E-state index in [1.165, 1.54) is 62.2 Å². The van der Waals surface area contributed by atoms with Crippen LogP contribution >= 0.6 is 22.7 Å². The predicted molar refractivity (Wildman–Crippen MR) is 185 cm³/mol. The molecule has 0 radical (unpaired) electrons. The number of aromatic nitrogens is 3. The molecule has 0 bridgehead atoms. The van der Waals surface area contributed by atoms with Gasteiger partial charge in [0, 0.05) is 56.7 Å². The molecular formula is C38H21N3S2. The number of thiophene rings is 2. The Balaban J connectivity index is 1.37. The number of nitrogens with zero attached hydrogens (tertiary/aromatic N) is 3. The molecule has 0 aliphatic heterocycles. The van der Waals surface area contributed by atoms with E-state index in [1.807, 2.05) is 40.9 Å². The summed E-state index contributed by atoms with van der Waals surface area (Å²) in [6.45, 7) is 0. The van der Waals surface area contributed by atoms with Crippen LogP contribution in [-0.4, -0.2) is 14.5 Å². The van der Waals surface area contributed by atoms with Gasteiger partial charge in [0.15, 0.2) is 0 Å². The first-order valence-corrected chi connectivity index (χ1v) is 16.0. The van der Waals surface area contributed by atoms with Crippen LogP contribution in [0.3, 0.4) is 0 Å². The third kappa shape index (κ3) is 3.23. The predicted octanol–water partition coefficient (Wildman–Crippen LogP) is 11.1. The average Bonchev–Trinajstić information content (AvgIpc) is 3.74. The third-order valence-corrected chi connectivity index (χ3v) is 11.0. The van der Waals surface area contributed by atoms with Gasteiger partial charge in [0.25, 0.3) is 0 Å². The Hall–Kier alpha value is -5.10. The van der Waals surface area contributed by atoms with Crippen LogP contribution < -0.4 is 0 Å². The van der Waals surface area contributed by atoms with Crippen molar-refractivity contribution < 1.29 is 0 Å². The molecule has 0 N–H and O–H groups in total. The van der Waals surface area contributed by atoms with Crippen LogP contribution in [0.25, 0.3) is 90.3 Å². The van der Waals surface area contributed by atoms with E-state index in [4.69, 9.17) is 9.97 Å². The van der Waals surface area contributed by atoms with Gasteiger partial charge < -0.3 is 0 Å². The molecule has 5 aromatic carbocycles. The number of fused-ring (bicyclic) bond motifs is 13. The second-order valence-corrected chi connectivity index (χ2v) is 13.1. The monoisotopic (exact) mass is 583 g/mol. The minimum Gasteiger partial charge on any atom is -0.293 e. The summed E-state index contributed by atoms with van der Waals surface area (Å²) < 4.78 is 7.72. The van der Waals surface area contributed by atoms with E-state index in [-0.39, 0.29) is 0 Å². The zero-order chi connectivity index (χ0) is 28.1. The lowest BCUT2D eigenvalue weighted by atomic mass is 10.0. The molecule has 0 aliphatic rings. The van der Waals surface area contributed by atoms with Crippen molar-refractivity contribution in [1.82, 2.24) is 14.5 Å². The van der Waals surface area contributed by atoms with Crippen LogP contribution in [0.2, 0.25) is 0 Å². The summed E-state index contributed by atoms with van der Waals surface area (Å²) in [5.41, 5.74) is 6.24. The highest BCUT2D eigenvalue weighted by Gasteiger charge is 2.24. The van der Waals surface area contributed by atoms with Gasteiger partial charge in [-0.3, -0.25) is 4.57 Å². The summed E-state index contributed by atoms with van der Waals surface area (Å²) in [5.74, 6) is 0.907. The van der Waals surface area contributed by atoms with E-state index in [9.17, 15) is 0 Å². The fraction of sp³-hybridized carbons (Fsp3) is 0. The summed E-state index contributed by atoms with van der Waals surface area (Å²) in [7, 11) is 0. The first-order valence-electron chi connectivity index (χ1n) is 14.3. The second-order valence-electron chi connectivity index (χ2n) is 11.0. The number of para-hydroxylation sites is 1. The van der Waals surface area contributed by atoms with E-state index in [1.54, 1.807) is 0 Å². The molecule has 0 unspecified atom stereocenters. The lowest BCUT2D eigenvalue weighted by Crippen LogP contribution is -1.99. The molecule has 0 atom stereocenters. The zero-order valence-electron chi connectivity index (χ0n) is 22.8. The lowest BCUT2D eigenvalue weighted by Gasteiger charge is -2.10. The number of hydrogen-bond donors (Lipinski definition) is 0. The van der Waals surface area contributed by atoms with Gasteiger partial charge in [-0.05, 0) is 42.5 Å². The summed E-state index contributed by atoms with van der Waals surface area (Å²) in [4.78, 5) is 10.2. The molecule has 5 heteroatoms. The third-order valence-electron chi connectivity index (χ3n) is 8.58. The Kier molecular flexibility index (Phi) is 4.75. The van der Waals surface area contributed by atoms with Crippen LogP contribution in [-0.2, 0) is 0 Å². The lowest BCUT2D eigenvalue weighted by molar-refractivity contribution is 1.10. The van der Waals surface area contributed by atoms with Crippen molar-refractivity contribution >= 4 is 95.9 Å². The van der Waals surface area contributed by atoms with Gasteiger partial charge in [-0.1, -0.05) is 84.9 Å². The van der Waals surface area contributed by atoms with Gasteiger partial charge in [0.1, 0.15) is 5.82 Å². The molecule has 0 spiro atoms. The Labute approximate surface area is 253 Å². The van der Waals surface area contributed by atoms with Crippen molar-refractivity contribution in [3.8, 4) is 17.1 Å². The summed E-state index contributed by atoms with van der Waals surface area (Å²) in [5, 5.41) is 7.87. The van der Waals surface area contributed by atoms with E-state index in [0.717, 1.165) is 28.1 Å². The molecule has 5 aromatic heterocycles. The van der Waals surface area contributed by atoms with Gasteiger partial charge in [-0.25, -0.2) is 9.97 Å². The Morgan fingerprint density at radius 3 is 1.81 bits per heavy atom. The van der Waals surface area contributed by atoms with Crippen LogP contribution in [0.15, 0.2) is 127 Å². The van der Waals surface area contributed by atoms with Crippen LogP contribution in [0.4, 0.5) is 0 Å². The highest BCUT2D eigenvalue weighted by atomic mass is 32.1. The van der Waals surface area contributed by atoms with Gasteiger partial charge in [0.2, 0.25) is 0 Å². The second kappa shape index (κ2) is 8.71. The quantitative estimate of drug-likeness (QED) is 0.203. The average molecular weight is 584 g/mol. The largest absolute Gasteiger partial charge is 0.293 e. The Morgan fingerprint density at radius 1 is 0.465 bits per heavy atom. The van der Waals surface area contributed by atoms with Gasteiger partial charge in [-0.15, -0.1) is 22.7 Å². The van der Waals surface area contributed by atoms with Crippen molar-refractivity contribution in [3.63, 3.8) is 0 Å². The molecule has 0 amide bonds. The van der Waals surface area contributed by atoms with E-state index < -0.39 is 0 Å². The van der Waals surface area contributed by atoms with Gasteiger partial charge in [-0.2, -0.15) is 0 Å². The minimum absolute atomic E-state index is 0.887. The van der Waals surface area contributed by atoms with Crippen molar-refractivity contribution in [3.05, 3.63) is 127 Å². The van der Waals surface area contributed by atoms with Crippen molar-refractivity contribution in [2.45, 2.75) is 0 Å². The van der Waals surface area contributed by atoms with Crippen LogP contribution in [0, 0.1) is 0 Å². The molecule has 3 nitrogen and oxygen atoms in total. The van der Waals surface area contributed by atoms with Gasteiger partial charge in [0.05, 0.1) is 27.8 Å². The first kappa shape index (κ1) is 23.5. The number of hydrogen-bond acceptors (Lipinski definition) is 4. The number of benzene rings is 5. The number of rotatable bonds is 2. The Bertz CT molecular complexity index is 2700. The fourth-order valence-electron chi connectivity index (χ4n) is 6.74. The standard InChI is InChI=1S/C38H21N3S2/c1-2-10-22(11-3-1)26-18-19-28-27(39-26)20-21-32(40-28)41-29-15-7-4-12-23(29)33-36(41)34-24-13-5-8-16-30(24)42-38(34)35-25-14-6-9-17-31(25)43-37(33)35/h1-21H. The topological polar surface area (TPSA) is 30.7 Å². The molecule has 0 aliphatic carbocycles. The molecular weight excluding hydrogens is 563 g/mol. The summed E-state index contributed by atoms with van der Waals surface area (Å²) in [6.07, 6.45) is 0. The molecule has 10 rings (SSSR count). The van der Waals surface area contributed by atoms with E-state index in [0.29, 0.717) is 0 Å². The number of pyridine rings is 2. The maximum atomic E-state index is 5.25. The molecule has 10 aromatic rings. The van der Waals surface area contributed by atoms with E-state index >= 15 is 0 Å². The van der Waals surface area contributed by atoms with Crippen molar-refractivity contribution in [1.29, 1.82) is 0 Å². The zero-order valence-corrected chi connectivity index (χ0v) is 24.4.